The zero-order valence-electron chi connectivity index (χ0n) is 12.2. The lowest BCUT2D eigenvalue weighted by Gasteiger charge is -2.39. The third-order valence-electron chi connectivity index (χ3n) is 4.31. The Hall–Kier alpha value is -1.35. The second kappa shape index (κ2) is 4.97. The summed E-state index contributed by atoms with van der Waals surface area (Å²) in [6.07, 6.45) is 2.07. The summed E-state index contributed by atoms with van der Waals surface area (Å²) in [6, 6.07) is 6.77. The number of aliphatic carboxylic acids is 1. The van der Waals surface area contributed by atoms with Crippen LogP contribution in [0.1, 0.15) is 49.9 Å². The molecule has 0 saturated heterocycles. The van der Waals surface area contributed by atoms with Crippen molar-refractivity contribution in [3.05, 3.63) is 34.9 Å². The van der Waals surface area contributed by atoms with Crippen molar-refractivity contribution in [1.82, 2.24) is 4.90 Å². The minimum Gasteiger partial charge on any atom is -0.480 e. The number of carboxylic acids is 1. The van der Waals surface area contributed by atoms with E-state index in [2.05, 4.69) is 30.0 Å². The van der Waals surface area contributed by atoms with Gasteiger partial charge in [0, 0.05) is 6.04 Å². The fourth-order valence-corrected chi connectivity index (χ4v) is 3.15. The van der Waals surface area contributed by atoms with E-state index < -0.39 is 11.5 Å². The highest BCUT2D eigenvalue weighted by molar-refractivity contribution is 5.77. The lowest BCUT2D eigenvalue weighted by Crippen LogP contribution is -2.51. The average Bonchev–Trinajstić information content (AvgIpc) is 2.73. The molecule has 3 heteroatoms. The highest BCUT2D eigenvalue weighted by atomic mass is 16.4. The Kier molecular flexibility index (Phi) is 3.68. The highest BCUT2D eigenvalue weighted by Gasteiger charge is 2.40. The molecule has 0 spiro atoms. The molecule has 0 heterocycles. The molecule has 1 unspecified atom stereocenters. The molecule has 1 N–H and O–H groups in total. The van der Waals surface area contributed by atoms with Crippen LogP contribution in [0, 0.1) is 6.92 Å². The lowest BCUT2D eigenvalue weighted by molar-refractivity contribution is -0.151. The van der Waals surface area contributed by atoms with Crippen molar-refractivity contribution >= 4 is 5.97 Å². The Morgan fingerprint density at radius 3 is 2.74 bits per heavy atom. The normalized spacial score (nSPS) is 18.7. The van der Waals surface area contributed by atoms with Crippen molar-refractivity contribution in [2.24, 2.45) is 0 Å². The molecule has 19 heavy (non-hydrogen) atoms. The van der Waals surface area contributed by atoms with E-state index in [9.17, 15) is 9.90 Å². The van der Waals surface area contributed by atoms with Gasteiger partial charge in [-0.3, -0.25) is 9.69 Å². The summed E-state index contributed by atoms with van der Waals surface area (Å²) >= 11 is 0. The maximum Gasteiger partial charge on any atom is 0.323 e. The number of aryl methyl sites for hydroxylation is 2. The molecule has 1 aromatic rings. The standard InChI is InChI=1S/C16H23NO2/c1-5-17(16(3,4)15(18)19)14-9-8-12-7-6-11(2)10-13(12)14/h6-7,10,14H,5,8-9H2,1-4H3,(H,18,19). The number of rotatable bonds is 4. The predicted octanol–water partition coefficient (Wildman–Crippen LogP) is 3.17. The largest absolute Gasteiger partial charge is 0.480 e. The van der Waals surface area contributed by atoms with Crippen molar-refractivity contribution in [3.8, 4) is 0 Å². The van der Waals surface area contributed by atoms with Crippen molar-refractivity contribution in [3.63, 3.8) is 0 Å². The predicted molar refractivity (Wildman–Crippen MR) is 76.3 cm³/mol. The van der Waals surface area contributed by atoms with Crippen LogP contribution in [0.2, 0.25) is 0 Å². The quantitative estimate of drug-likeness (QED) is 0.905. The Bertz CT molecular complexity index is 494. The molecule has 0 saturated carbocycles. The van der Waals surface area contributed by atoms with Crippen molar-refractivity contribution in [2.45, 2.75) is 52.1 Å². The van der Waals surface area contributed by atoms with Crippen molar-refractivity contribution in [1.29, 1.82) is 0 Å². The number of carboxylic acid groups (broad SMARTS) is 1. The monoisotopic (exact) mass is 261 g/mol. The molecule has 104 valence electrons. The van der Waals surface area contributed by atoms with Crippen LogP contribution in [0.4, 0.5) is 0 Å². The number of hydrogen-bond donors (Lipinski definition) is 1. The zero-order valence-corrected chi connectivity index (χ0v) is 12.2. The molecule has 1 atom stereocenters. The highest BCUT2D eigenvalue weighted by Crippen LogP contribution is 2.39. The zero-order chi connectivity index (χ0) is 14.2. The van der Waals surface area contributed by atoms with Gasteiger partial charge >= 0.3 is 5.97 Å². The molecule has 1 aromatic carbocycles. The van der Waals surface area contributed by atoms with Gasteiger partial charge in [-0.25, -0.2) is 0 Å². The molecule has 0 radical (unpaired) electrons. The maximum atomic E-state index is 11.5. The van der Waals surface area contributed by atoms with Gasteiger partial charge < -0.3 is 5.11 Å². The van der Waals surface area contributed by atoms with E-state index in [-0.39, 0.29) is 6.04 Å². The van der Waals surface area contributed by atoms with Gasteiger partial charge in [0.2, 0.25) is 0 Å². The summed E-state index contributed by atoms with van der Waals surface area (Å²) in [4.78, 5) is 13.6. The third-order valence-corrected chi connectivity index (χ3v) is 4.31. The smallest absolute Gasteiger partial charge is 0.323 e. The van der Waals surface area contributed by atoms with Gasteiger partial charge in [0.05, 0.1) is 0 Å². The number of hydrogen-bond acceptors (Lipinski definition) is 2. The van der Waals surface area contributed by atoms with E-state index in [0.717, 1.165) is 19.4 Å². The molecular weight excluding hydrogens is 238 g/mol. The molecule has 1 aliphatic rings. The van der Waals surface area contributed by atoms with Crippen LogP contribution in [-0.4, -0.2) is 28.1 Å². The molecule has 0 aliphatic heterocycles. The Labute approximate surface area is 115 Å². The summed E-state index contributed by atoms with van der Waals surface area (Å²) in [6.45, 7) is 8.48. The molecule has 0 aromatic heterocycles. The fourth-order valence-electron chi connectivity index (χ4n) is 3.15. The van der Waals surface area contributed by atoms with Crippen LogP contribution in [-0.2, 0) is 11.2 Å². The molecule has 0 amide bonds. The van der Waals surface area contributed by atoms with Gasteiger partial charge in [-0.2, -0.15) is 0 Å². The maximum absolute atomic E-state index is 11.5. The second-order valence-corrected chi connectivity index (χ2v) is 5.91. The van der Waals surface area contributed by atoms with Gasteiger partial charge in [0.15, 0.2) is 0 Å². The van der Waals surface area contributed by atoms with Gasteiger partial charge in [0.1, 0.15) is 5.54 Å². The van der Waals surface area contributed by atoms with Gasteiger partial charge in [0.25, 0.3) is 0 Å². The first-order valence-corrected chi connectivity index (χ1v) is 6.97. The third kappa shape index (κ3) is 2.39. The van der Waals surface area contributed by atoms with Crippen LogP contribution < -0.4 is 0 Å². The molecular formula is C16H23NO2. The van der Waals surface area contributed by atoms with E-state index >= 15 is 0 Å². The molecule has 0 bridgehead atoms. The minimum atomic E-state index is -0.829. The Morgan fingerprint density at radius 1 is 1.47 bits per heavy atom. The van der Waals surface area contributed by atoms with Gasteiger partial charge in [-0.1, -0.05) is 30.7 Å². The second-order valence-electron chi connectivity index (χ2n) is 5.91. The summed E-state index contributed by atoms with van der Waals surface area (Å²) in [5, 5.41) is 9.46. The van der Waals surface area contributed by atoms with Gasteiger partial charge in [-0.05, 0) is 51.3 Å². The number of fused-ring (bicyclic) bond motifs is 1. The number of benzene rings is 1. The first kappa shape index (κ1) is 14.1. The van der Waals surface area contributed by atoms with Crippen molar-refractivity contribution in [2.75, 3.05) is 6.54 Å². The number of nitrogens with zero attached hydrogens (tertiary/aromatic N) is 1. The number of carbonyl (C=O) groups is 1. The van der Waals surface area contributed by atoms with Gasteiger partial charge in [-0.15, -0.1) is 0 Å². The fraction of sp³-hybridized carbons (Fsp3) is 0.562. The van der Waals surface area contributed by atoms with E-state index in [4.69, 9.17) is 0 Å². The first-order valence-electron chi connectivity index (χ1n) is 6.97. The summed E-state index contributed by atoms with van der Waals surface area (Å²) in [5.41, 5.74) is 3.10. The summed E-state index contributed by atoms with van der Waals surface area (Å²) in [7, 11) is 0. The van der Waals surface area contributed by atoms with Crippen LogP contribution >= 0.6 is 0 Å². The summed E-state index contributed by atoms with van der Waals surface area (Å²) < 4.78 is 0. The first-order chi connectivity index (χ1) is 8.87. The minimum absolute atomic E-state index is 0.228. The average molecular weight is 261 g/mol. The van der Waals surface area contributed by atoms with Crippen LogP contribution in [0.15, 0.2) is 18.2 Å². The molecule has 3 nitrogen and oxygen atoms in total. The van der Waals surface area contributed by atoms with Crippen LogP contribution in [0.25, 0.3) is 0 Å². The molecule has 2 rings (SSSR count). The van der Waals surface area contributed by atoms with Crippen LogP contribution in [0.3, 0.4) is 0 Å². The topological polar surface area (TPSA) is 40.5 Å². The number of likely N-dealkylation sites (N-methyl/N-ethyl adjacent to an activating group) is 1. The van der Waals surface area contributed by atoms with E-state index in [1.807, 2.05) is 6.92 Å². The van der Waals surface area contributed by atoms with E-state index in [1.54, 1.807) is 13.8 Å². The molecule has 0 fully saturated rings. The van der Waals surface area contributed by atoms with E-state index in [1.165, 1.54) is 16.7 Å². The Morgan fingerprint density at radius 2 is 2.16 bits per heavy atom. The van der Waals surface area contributed by atoms with Crippen molar-refractivity contribution < 1.29 is 9.90 Å². The molecule has 1 aliphatic carbocycles. The van der Waals surface area contributed by atoms with E-state index in [0.29, 0.717) is 0 Å². The SMILES string of the molecule is CCN(C1CCc2ccc(C)cc21)C(C)(C)C(=O)O. The summed E-state index contributed by atoms with van der Waals surface area (Å²) in [5.74, 6) is -0.754. The lowest BCUT2D eigenvalue weighted by atomic mass is 9.96. The Balaban J connectivity index is 2.38. The van der Waals surface area contributed by atoms with Crippen LogP contribution in [0.5, 0.6) is 0 Å².